The van der Waals surface area contributed by atoms with E-state index in [0.29, 0.717) is 0 Å². The SMILES string of the molecule is CC(=O)Sc1ccc(C#Cc2ccc(-c3ccc(C#Cc4ccc(SC(C)=O)cc4)cc3C)c(C)c2)cc1. The first-order chi connectivity index (χ1) is 18.3. The number of rotatable bonds is 3. The minimum absolute atomic E-state index is 0.0741. The molecule has 0 unspecified atom stereocenters. The molecule has 186 valence electrons. The highest BCUT2D eigenvalue weighted by Crippen LogP contribution is 2.28. The minimum atomic E-state index is 0.0741. The first-order valence-corrected chi connectivity index (χ1v) is 13.7. The molecule has 4 heteroatoms. The fourth-order valence-electron chi connectivity index (χ4n) is 3.92. The predicted molar refractivity (Wildman–Crippen MR) is 159 cm³/mol. The molecule has 0 N–H and O–H groups in total. The van der Waals surface area contributed by atoms with Crippen molar-refractivity contribution in [2.75, 3.05) is 0 Å². The van der Waals surface area contributed by atoms with E-state index in [4.69, 9.17) is 0 Å². The zero-order valence-corrected chi connectivity index (χ0v) is 23.3. The second kappa shape index (κ2) is 12.5. The van der Waals surface area contributed by atoms with Crippen LogP contribution in [0.3, 0.4) is 0 Å². The third-order valence-electron chi connectivity index (χ3n) is 5.68. The summed E-state index contributed by atoms with van der Waals surface area (Å²) in [5.74, 6) is 12.9. The van der Waals surface area contributed by atoms with Crippen LogP contribution in [0.5, 0.6) is 0 Å². The van der Waals surface area contributed by atoms with Crippen LogP contribution in [0, 0.1) is 37.5 Å². The number of benzene rings is 4. The summed E-state index contributed by atoms with van der Waals surface area (Å²) in [5.41, 5.74) is 8.43. The Labute approximate surface area is 233 Å². The Balaban J connectivity index is 1.48. The molecule has 0 saturated heterocycles. The summed E-state index contributed by atoms with van der Waals surface area (Å²) >= 11 is 2.45. The average Bonchev–Trinajstić information content (AvgIpc) is 2.88. The number of thioether (sulfide) groups is 2. The van der Waals surface area contributed by atoms with Crippen LogP contribution in [-0.4, -0.2) is 10.2 Å². The highest BCUT2D eigenvalue weighted by atomic mass is 32.2. The highest BCUT2D eigenvalue weighted by Gasteiger charge is 2.07. The quantitative estimate of drug-likeness (QED) is 0.198. The maximum atomic E-state index is 11.2. The number of carbonyl (C=O) groups excluding carboxylic acids is 2. The first-order valence-electron chi connectivity index (χ1n) is 12.1. The van der Waals surface area contributed by atoms with Crippen LogP contribution in [0.25, 0.3) is 11.1 Å². The molecular weight excluding hydrogens is 505 g/mol. The van der Waals surface area contributed by atoms with Crippen molar-refractivity contribution in [2.45, 2.75) is 37.5 Å². The van der Waals surface area contributed by atoms with Crippen molar-refractivity contribution in [3.05, 3.63) is 118 Å². The van der Waals surface area contributed by atoms with Crippen molar-refractivity contribution in [3.63, 3.8) is 0 Å². The van der Waals surface area contributed by atoms with Crippen LogP contribution >= 0.6 is 23.5 Å². The van der Waals surface area contributed by atoms with E-state index < -0.39 is 0 Å². The van der Waals surface area contributed by atoms with Crippen LogP contribution in [0.1, 0.15) is 47.2 Å². The molecule has 4 rings (SSSR count). The fourth-order valence-corrected chi connectivity index (χ4v) is 5.13. The zero-order chi connectivity index (χ0) is 27.1. The van der Waals surface area contributed by atoms with E-state index in [9.17, 15) is 9.59 Å². The van der Waals surface area contributed by atoms with Gasteiger partial charge < -0.3 is 0 Å². The van der Waals surface area contributed by atoms with E-state index in [0.717, 1.165) is 43.2 Å². The number of aryl methyl sites for hydroxylation is 2. The predicted octanol–water partition coefficient (Wildman–Crippen LogP) is 8.05. The van der Waals surface area contributed by atoms with E-state index in [1.807, 2.05) is 48.5 Å². The summed E-state index contributed by atoms with van der Waals surface area (Å²) < 4.78 is 0. The van der Waals surface area contributed by atoms with Crippen LogP contribution in [-0.2, 0) is 9.59 Å². The lowest BCUT2D eigenvalue weighted by Gasteiger charge is -2.10. The summed E-state index contributed by atoms with van der Waals surface area (Å²) in [7, 11) is 0. The van der Waals surface area contributed by atoms with E-state index in [1.165, 1.54) is 34.7 Å². The van der Waals surface area contributed by atoms with Crippen molar-refractivity contribution in [2.24, 2.45) is 0 Å². The van der Waals surface area contributed by atoms with Crippen molar-refractivity contribution in [3.8, 4) is 34.8 Å². The van der Waals surface area contributed by atoms with Gasteiger partial charge in [-0.3, -0.25) is 9.59 Å². The maximum absolute atomic E-state index is 11.2. The highest BCUT2D eigenvalue weighted by molar-refractivity contribution is 8.13. The molecule has 4 aromatic carbocycles. The normalized spacial score (nSPS) is 10.1. The smallest absolute Gasteiger partial charge is 0.190 e. The molecule has 0 saturated carbocycles. The van der Waals surface area contributed by atoms with Gasteiger partial charge in [-0.05, 0) is 109 Å². The van der Waals surface area contributed by atoms with Gasteiger partial charge in [0.2, 0.25) is 0 Å². The van der Waals surface area contributed by atoms with Gasteiger partial charge >= 0.3 is 0 Å². The molecule has 0 bridgehead atoms. The van der Waals surface area contributed by atoms with E-state index >= 15 is 0 Å². The summed E-state index contributed by atoms with van der Waals surface area (Å²) in [5, 5.41) is 0.148. The van der Waals surface area contributed by atoms with Crippen molar-refractivity contribution >= 4 is 33.8 Å². The van der Waals surface area contributed by atoms with Gasteiger partial charge in [-0.25, -0.2) is 0 Å². The summed E-state index contributed by atoms with van der Waals surface area (Å²) in [4.78, 5) is 24.3. The molecule has 0 aliphatic carbocycles. The molecule has 0 atom stereocenters. The molecule has 0 amide bonds. The molecule has 0 fully saturated rings. The Morgan fingerprint density at radius 1 is 0.500 bits per heavy atom. The molecule has 0 aliphatic rings. The van der Waals surface area contributed by atoms with Gasteiger partial charge in [0.25, 0.3) is 0 Å². The van der Waals surface area contributed by atoms with Gasteiger partial charge in [0, 0.05) is 45.9 Å². The van der Waals surface area contributed by atoms with Crippen LogP contribution in [0.4, 0.5) is 0 Å². The topological polar surface area (TPSA) is 34.1 Å². The Kier molecular flexibility index (Phi) is 8.93. The maximum Gasteiger partial charge on any atom is 0.190 e. The molecule has 2 nitrogen and oxygen atoms in total. The van der Waals surface area contributed by atoms with E-state index in [2.05, 4.69) is 73.9 Å². The van der Waals surface area contributed by atoms with Crippen molar-refractivity contribution in [1.82, 2.24) is 0 Å². The van der Waals surface area contributed by atoms with Crippen LogP contribution in [0.2, 0.25) is 0 Å². The molecule has 0 heterocycles. The molecule has 38 heavy (non-hydrogen) atoms. The molecule has 0 spiro atoms. The van der Waals surface area contributed by atoms with E-state index in [1.54, 1.807) is 13.8 Å². The third kappa shape index (κ3) is 7.53. The Morgan fingerprint density at radius 3 is 1.13 bits per heavy atom. The minimum Gasteiger partial charge on any atom is -0.287 e. The second-order valence-corrected chi connectivity index (χ2v) is 11.3. The fraction of sp³-hybridized carbons (Fsp3) is 0.118. The zero-order valence-electron chi connectivity index (χ0n) is 21.7. The van der Waals surface area contributed by atoms with Gasteiger partial charge in [-0.1, -0.05) is 59.3 Å². The summed E-state index contributed by atoms with van der Waals surface area (Å²) in [6.45, 7) is 7.34. The van der Waals surface area contributed by atoms with Gasteiger partial charge in [0.15, 0.2) is 10.2 Å². The van der Waals surface area contributed by atoms with Gasteiger partial charge in [0.05, 0.1) is 0 Å². The average molecular weight is 531 g/mol. The Morgan fingerprint density at radius 2 is 0.816 bits per heavy atom. The largest absolute Gasteiger partial charge is 0.287 e. The number of hydrogen-bond acceptors (Lipinski definition) is 4. The van der Waals surface area contributed by atoms with Crippen molar-refractivity contribution in [1.29, 1.82) is 0 Å². The van der Waals surface area contributed by atoms with Gasteiger partial charge in [-0.2, -0.15) is 0 Å². The lowest BCUT2D eigenvalue weighted by Crippen LogP contribution is -1.90. The van der Waals surface area contributed by atoms with Crippen LogP contribution < -0.4 is 0 Å². The number of hydrogen-bond donors (Lipinski definition) is 0. The Hall–Kier alpha value is -3.96. The van der Waals surface area contributed by atoms with Crippen molar-refractivity contribution < 1.29 is 9.59 Å². The second-order valence-electron chi connectivity index (χ2n) is 8.80. The molecule has 4 aromatic rings. The summed E-state index contributed by atoms with van der Waals surface area (Å²) in [6.07, 6.45) is 0. The first kappa shape index (κ1) is 27.1. The summed E-state index contributed by atoms with van der Waals surface area (Å²) in [6, 6.07) is 28.0. The lowest BCUT2D eigenvalue weighted by molar-refractivity contribution is -0.109. The Bertz CT molecular complexity index is 1500. The standard InChI is InChI=1S/C34H26O2S2/c1-23-21-29(7-5-27-9-15-31(16-10-27)37-25(3)35)13-19-33(23)34-20-14-30(22-24(34)2)8-6-28-11-17-32(18-12-28)38-26(4)36/h9-22H,1-4H3. The molecule has 0 aliphatic heterocycles. The number of carbonyl (C=O) groups is 2. The van der Waals surface area contributed by atoms with E-state index in [-0.39, 0.29) is 10.2 Å². The molecular formula is C34H26O2S2. The molecule has 0 radical (unpaired) electrons. The molecule has 0 aromatic heterocycles. The lowest BCUT2D eigenvalue weighted by atomic mass is 9.94. The monoisotopic (exact) mass is 530 g/mol. The van der Waals surface area contributed by atoms with Gasteiger partial charge in [-0.15, -0.1) is 0 Å². The third-order valence-corrected chi connectivity index (χ3v) is 7.27. The van der Waals surface area contributed by atoms with Crippen LogP contribution in [0.15, 0.2) is 94.7 Å². The van der Waals surface area contributed by atoms with Gasteiger partial charge in [0.1, 0.15) is 0 Å².